The molecule has 0 radical (unpaired) electrons. The molecule has 0 bridgehead atoms. The van der Waals surface area contributed by atoms with E-state index < -0.39 is 4.92 Å². The normalized spacial score (nSPS) is 9.00. The van der Waals surface area contributed by atoms with Crippen LogP contribution in [0.3, 0.4) is 0 Å². The van der Waals surface area contributed by atoms with Crippen molar-refractivity contribution in [2.24, 2.45) is 0 Å². The number of benzene rings is 1. The van der Waals surface area contributed by atoms with Gasteiger partial charge < -0.3 is 0 Å². The van der Waals surface area contributed by atoms with Crippen molar-refractivity contribution in [3.8, 4) is 0 Å². The van der Waals surface area contributed by atoms with E-state index in [-0.39, 0.29) is 35.8 Å². The number of nitro groups is 1. The summed E-state index contributed by atoms with van der Waals surface area (Å²) in [6.45, 7) is 1.36. The first-order valence-electron chi connectivity index (χ1n) is 3.50. The van der Waals surface area contributed by atoms with Crippen LogP contribution in [0.5, 0.6) is 0 Å². The molecule has 0 saturated heterocycles. The van der Waals surface area contributed by atoms with E-state index in [4.69, 9.17) is 0 Å². The molecule has 0 aromatic heterocycles. The van der Waals surface area contributed by atoms with E-state index in [1.807, 2.05) is 0 Å². The Hall–Kier alpha value is -0.737. The topological polar surface area (TPSA) is 60.2 Å². The van der Waals surface area contributed by atoms with Crippen LogP contribution < -0.4 is 0 Å². The van der Waals surface area contributed by atoms with Crippen LogP contribution in [0.15, 0.2) is 23.1 Å². The Morgan fingerprint density at radius 3 is 2.50 bits per heavy atom. The fraction of sp³-hybridized carbons (Fsp3) is 0.125. The van der Waals surface area contributed by atoms with Gasteiger partial charge in [-0.2, -0.15) is 0 Å². The molecule has 0 aliphatic carbocycles. The molecule has 6 heteroatoms. The number of carbonyl (C=O) groups is 1. The molecular formula is C8H7NO3SZn. The van der Waals surface area contributed by atoms with Gasteiger partial charge in [-0.25, -0.2) is 0 Å². The van der Waals surface area contributed by atoms with Gasteiger partial charge in [-0.3, -0.25) is 14.9 Å². The van der Waals surface area contributed by atoms with Crippen molar-refractivity contribution in [1.82, 2.24) is 0 Å². The molecule has 1 aromatic rings. The number of ketones is 1. The third-order valence-electron chi connectivity index (χ3n) is 1.58. The summed E-state index contributed by atoms with van der Waals surface area (Å²) in [7, 11) is 0. The molecule has 0 fully saturated rings. The van der Waals surface area contributed by atoms with E-state index >= 15 is 0 Å². The summed E-state index contributed by atoms with van der Waals surface area (Å²) in [5, 5.41) is 10.4. The number of nitro benzene ring substituents is 1. The second-order valence-corrected chi connectivity index (χ2v) is 3.00. The summed E-state index contributed by atoms with van der Waals surface area (Å²) >= 11 is 3.90. The predicted octanol–water partition coefficient (Wildman–Crippen LogP) is 2.08. The summed E-state index contributed by atoms with van der Waals surface area (Å²) in [5.74, 6) is -0.198. The van der Waals surface area contributed by atoms with E-state index in [0.717, 1.165) is 0 Å². The molecule has 0 aliphatic rings. The zero-order valence-electron chi connectivity index (χ0n) is 7.56. The molecule has 0 amide bonds. The van der Waals surface area contributed by atoms with Gasteiger partial charge in [-0.1, -0.05) is 0 Å². The van der Waals surface area contributed by atoms with Crippen LogP contribution in [-0.4, -0.2) is 10.7 Å². The number of Topliss-reactive ketones (excluding diaryl/α,β-unsaturated/α-hetero) is 1. The van der Waals surface area contributed by atoms with Crippen molar-refractivity contribution in [3.05, 3.63) is 33.9 Å². The molecule has 0 aliphatic heterocycles. The molecule has 0 saturated carbocycles. The molecule has 1 rings (SSSR count). The SMILES string of the molecule is CC(=O)c1ccc(S)c([N+](=O)[O-])c1.[Zn]. The quantitative estimate of drug-likeness (QED) is 0.292. The molecule has 0 spiro atoms. The average Bonchev–Trinajstić information content (AvgIpc) is 2.04. The summed E-state index contributed by atoms with van der Waals surface area (Å²) in [5.41, 5.74) is 0.181. The minimum absolute atomic E-state index is 0. The minimum atomic E-state index is -0.561. The van der Waals surface area contributed by atoms with Crippen molar-refractivity contribution < 1.29 is 29.2 Å². The van der Waals surface area contributed by atoms with Crippen LogP contribution in [0, 0.1) is 10.1 Å². The van der Waals surface area contributed by atoms with Crippen molar-refractivity contribution in [1.29, 1.82) is 0 Å². The fourth-order valence-corrected chi connectivity index (χ4v) is 1.11. The molecule has 0 N–H and O–H groups in total. The summed E-state index contributed by atoms with van der Waals surface area (Å²) in [6, 6.07) is 4.18. The molecule has 0 atom stereocenters. The van der Waals surface area contributed by atoms with Gasteiger partial charge in [0.05, 0.1) is 9.82 Å². The van der Waals surface area contributed by atoms with Crippen molar-refractivity contribution in [2.75, 3.05) is 0 Å². The van der Waals surface area contributed by atoms with Gasteiger partial charge in [0.15, 0.2) is 5.78 Å². The van der Waals surface area contributed by atoms with Crippen LogP contribution in [0.25, 0.3) is 0 Å². The van der Waals surface area contributed by atoms with E-state index in [9.17, 15) is 14.9 Å². The number of hydrogen-bond acceptors (Lipinski definition) is 4. The first kappa shape index (κ1) is 13.3. The maximum atomic E-state index is 10.9. The van der Waals surface area contributed by atoms with Gasteiger partial charge in [0.1, 0.15) is 0 Å². The molecule has 0 heterocycles. The predicted molar refractivity (Wildman–Crippen MR) is 50.4 cm³/mol. The Bertz CT molecular complexity index is 381. The average molecular weight is 263 g/mol. The van der Waals surface area contributed by atoms with Gasteiger partial charge in [0.25, 0.3) is 5.69 Å². The molecule has 70 valence electrons. The summed E-state index contributed by atoms with van der Waals surface area (Å²) in [6.07, 6.45) is 0. The molecule has 4 nitrogen and oxygen atoms in total. The monoisotopic (exact) mass is 261 g/mol. The number of rotatable bonds is 2. The van der Waals surface area contributed by atoms with Gasteiger partial charge in [0.2, 0.25) is 0 Å². The number of hydrogen-bond donors (Lipinski definition) is 1. The van der Waals surface area contributed by atoms with Crippen LogP contribution in [0.1, 0.15) is 17.3 Å². The Labute approximate surface area is 99.0 Å². The first-order chi connectivity index (χ1) is 6.02. The smallest absolute Gasteiger partial charge is 0.283 e. The van der Waals surface area contributed by atoms with Crippen molar-refractivity contribution in [3.63, 3.8) is 0 Å². The Morgan fingerprint density at radius 2 is 2.07 bits per heavy atom. The number of carbonyl (C=O) groups excluding carboxylic acids is 1. The maximum absolute atomic E-state index is 10.9. The van der Waals surface area contributed by atoms with Crippen LogP contribution in [0.2, 0.25) is 0 Å². The Kier molecular flexibility index (Phi) is 4.95. The summed E-state index contributed by atoms with van der Waals surface area (Å²) < 4.78 is 0. The molecule has 1 aromatic carbocycles. The number of thiol groups is 1. The van der Waals surface area contributed by atoms with E-state index in [1.54, 1.807) is 0 Å². The third kappa shape index (κ3) is 2.89. The van der Waals surface area contributed by atoms with Crippen LogP contribution in [0.4, 0.5) is 5.69 Å². The van der Waals surface area contributed by atoms with Gasteiger partial charge in [-0.05, 0) is 19.1 Å². The van der Waals surface area contributed by atoms with E-state index in [2.05, 4.69) is 12.6 Å². The molecule has 14 heavy (non-hydrogen) atoms. The van der Waals surface area contributed by atoms with Gasteiger partial charge in [-0.15, -0.1) is 12.6 Å². The first-order valence-corrected chi connectivity index (χ1v) is 3.95. The maximum Gasteiger partial charge on any atom is 0.283 e. The summed E-state index contributed by atoms with van der Waals surface area (Å²) in [4.78, 5) is 21.0. The van der Waals surface area contributed by atoms with Gasteiger partial charge >= 0.3 is 0 Å². The standard InChI is InChI=1S/C8H7NO3S.Zn/c1-5(10)6-2-3-8(13)7(4-6)9(11)12;/h2-4,13H,1H3;. The Balaban J connectivity index is 0.00000169. The fourth-order valence-electron chi connectivity index (χ4n) is 0.889. The molecular weight excluding hydrogens is 256 g/mol. The largest absolute Gasteiger partial charge is 0.295 e. The third-order valence-corrected chi connectivity index (χ3v) is 1.96. The van der Waals surface area contributed by atoms with E-state index in [0.29, 0.717) is 5.56 Å². The van der Waals surface area contributed by atoms with Crippen LogP contribution in [-0.2, 0) is 19.5 Å². The second-order valence-electron chi connectivity index (χ2n) is 2.52. The van der Waals surface area contributed by atoms with E-state index in [1.165, 1.54) is 25.1 Å². The van der Waals surface area contributed by atoms with Crippen molar-refractivity contribution >= 4 is 24.1 Å². The Morgan fingerprint density at radius 1 is 1.50 bits per heavy atom. The second kappa shape index (κ2) is 5.22. The zero-order chi connectivity index (χ0) is 10.0. The number of nitrogens with zero attached hydrogens (tertiary/aromatic N) is 1. The molecule has 0 unspecified atom stereocenters. The minimum Gasteiger partial charge on any atom is -0.295 e. The van der Waals surface area contributed by atoms with Gasteiger partial charge in [0, 0.05) is 31.1 Å². The van der Waals surface area contributed by atoms with Crippen LogP contribution >= 0.6 is 12.6 Å². The zero-order valence-corrected chi connectivity index (χ0v) is 11.4. The van der Waals surface area contributed by atoms with Crippen molar-refractivity contribution in [2.45, 2.75) is 11.8 Å².